The molecule has 2 aliphatic heterocycles. The number of hydrogen-bond donors (Lipinski definition) is 0. The van der Waals surface area contributed by atoms with Gasteiger partial charge in [-0.3, -0.25) is 9.59 Å². The maximum atomic E-state index is 13.3. The molecular formula is C21H20O5. The van der Waals surface area contributed by atoms with Crippen LogP contribution in [0.4, 0.5) is 0 Å². The fourth-order valence-corrected chi connectivity index (χ4v) is 3.89. The Hall–Kier alpha value is -2.82. The lowest BCUT2D eigenvalue weighted by atomic mass is 9.85. The zero-order chi connectivity index (χ0) is 18.6. The molecular weight excluding hydrogens is 332 g/mol. The minimum Gasteiger partial charge on any atom is -0.497 e. The summed E-state index contributed by atoms with van der Waals surface area (Å²) in [5.41, 5.74) is 4.09. The van der Waals surface area contributed by atoms with E-state index in [9.17, 15) is 9.59 Å². The Bertz CT molecular complexity index is 928. The van der Waals surface area contributed by atoms with Crippen LogP contribution < -0.4 is 9.47 Å². The zero-order valence-electron chi connectivity index (χ0n) is 15.2. The highest BCUT2D eigenvalue weighted by atomic mass is 16.7. The topological polar surface area (TPSA) is 61.8 Å². The minimum atomic E-state index is -1.61. The Kier molecular flexibility index (Phi) is 3.58. The summed E-state index contributed by atoms with van der Waals surface area (Å²) in [6.45, 7) is 5.77. The summed E-state index contributed by atoms with van der Waals surface area (Å²) >= 11 is 0. The molecule has 1 saturated heterocycles. The average molecular weight is 352 g/mol. The Morgan fingerprint density at radius 2 is 1.73 bits per heavy atom. The molecule has 1 fully saturated rings. The molecule has 5 heteroatoms. The van der Waals surface area contributed by atoms with Crippen molar-refractivity contribution in [3.63, 3.8) is 0 Å². The van der Waals surface area contributed by atoms with Crippen LogP contribution in [0.3, 0.4) is 0 Å². The minimum absolute atomic E-state index is 0.100. The number of aryl methyl sites for hydroxylation is 2. The SMILES string of the molecule is COc1ccc([C@H]2CC(=O)O[C@@]23Oc2c(C)c(C)cc(C)c2C3=O)cc1. The summed E-state index contributed by atoms with van der Waals surface area (Å²) in [7, 11) is 1.59. The molecule has 5 nitrogen and oxygen atoms in total. The van der Waals surface area contributed by atoms with Gasteiger partial charge in [-0.1, -0.05) is 18.2 Å². The van der Waals surface area contributed by atoms with E-state index < -0.39 is 17.7 Å². The van der Waals surface area contributed by atoms with E-state index in [1.54, 1.807) is 19.2 Å². The average Bonchev–Trinajstić information content (AvgIpc) is 3.11. The summed E-state index contributed by atoms with van der Waals surface area (Å²) in [4.78, 5) is 25.5. The fraction of sp³-hybridized carbons (Fsp3) is 0.333. The van der Waals surface area contributed by atoms with Crippen LogP contribution in [0, 0.1) is 20.8 Å². The van der Waals surface area contributed by atoms with Gasteiger partial charge in [0.1, 0.15) is 11.5 Å². The zero-order valence-corrected chi connectivity index (χ0v) is 15.2. The van der Waals surface area contributed by atoms with Crippen molar-refractivity contribution < 1.29 is 23.8 Å². The molecule has 0 radical (unpaired) electrons. The quantitative estimate of drug-likeness (QED) is 0.773. The number of benzene rings is 2. The molecule has 0 amide bonds. The van der Waals surface area contributed by atoms with Crippen LogP contribution in [0.2, 0.25) is 0 Å². The third-order valence-electron chi connectivity index (χ3n) is 5.40. The summed E-state index contributed by atoms with van der Waals surface area (Å²) < 4.78 is 16.9. The number of esters is 1. The van der Waals surface area contributed by atoms with Gasteiger partial charge in [-0.15, -0.1) is 0 Å². The second kappa shape index (κ2) is 5.59. The number of ether oxygens (including phenoxy) is 3. The van der Waals surface area contributed by atoms with E-state index in [-0.39, 0.29) is 12.2 Å². The van der Waals surface area contributed by atoms with Gasteiger partial charge in [-0.25, -0.2) is 0 Å². The first-order valence-electron chi connectivity index (χ1n) is 8.57. The van der Waals surface area contributed by atoms with E-state index in [4.69, 9.17) is 14.2 Å². The predicted molar refractivity (Wildman–Crippen MR) is 94.8 cm³/mol. The number of ketones is 1. The summed E-state index contributed by atoms with van der Waals surface area (Å²) in [5.74, 6) is -1.59. The highest BCUT2D eigenvalue weighted by molar-refractivity contribution is 6.10. The molecule has 2 heterocycles. The molecule has 0 N–H and O–H groups in total. The van der Waals surface area contributed by atoms with Crippen molar-refractivity contribution in [2.45, 2.75) is 38.9 Å². The molecule has 2 aromatic rings. The molecule has 0 aliphatic carbocycles. The van der Waals surface area contributed by atoms with E-state index in [0.29, 0.717) is 17.1 Å². The van der Waals surface area contributed by atoms with Crippen LogP contribution >= 0.6 is 0 Å². The van der Waals surface area contributed by atoms with E-state index >= 15 is 0 Å². The number of fused-ring (bicyclic) bond motifs is 1. The van der Waals surface area contributed by atoms with Crippen molar-refractivity contribution >= 4 is 11.8 Å². The molecule has 26 heavy (non-hydrogen) atoms. The van der Waals surface area contributed by atoms with Crippen LogP contribution in [-0.4, -0.2) is 24.6 Å². The number of hydrogen-bond acceptors (Lipinski definition) is 5. The van der Waals surface area contributed by atoms with Crippen LogP contribution in [0.25, 0.3) is 0 Å². The van der Waals surface area contributed by atoms with Crippen molar-refractivity contribution in [2.75, 3.05) is 7.11 Å². The van der Waals surface area contributed by atoms with E-state index in [1.165, 1.54) is 0 Å². The maximum absolute atomic E-state index is 13.3. The smallest absolute Gasteiger partial charge is 0.326 e. The van der Waals surface area contributed by atoms with Crippen LogP contribution in [0.1, 0.15) is 45.0 Å². The molecule has 4 rings (SSSR count). The number of methoxy groups -OCH3 is 1. The van der Waals surface area contributed by atoms with E-state index in [2.05, 4.69) is 0 Å². The second-order valence-electron chi connectivity index (χ2n) is 6.94. The van der Waals surface area contributed by atoms with Gasteiger partial charge in [0.15, 0.2) is 0 Å². The van der Waals surface area contributed by atoms with Gasteiger partial charge < -0.3 is 14.2 Å². The van der Waals surface area contributed by atoms with Crippen molar-refractivity contribution in [1.82, 2.24) is 0 Å². The Balaban J connectivity index is 1.84. The summed E-state index contributed by atoms with van der Waals surface area (Å²) in [6.07, 6.45) is 0.100. The van der Waals surface area contributed by atoms with E-state index in [0.717, 1.165) is 22.3 Å². The highest BCUT2D eigenvalue weighted by Crippen LogP contribution is 2.51. The molecule has 0 aromatic heterocycles. The summed E-state index contributed by atoms with van der Waals surface area (Å²) in [6, 6.07) is 9.27. The predicted octanol–water partition coefficient (Wildman–Crippen LogP) is 3.62. The van der Waals surface area contributed by atoms with Crippen molar-refractivity contribution in [1.29, 1.82) is 0 Å². The molecule has 1 spiro atoms. The van der Waals surface area contributed by atoms with Crippen LogP contribution in [-0.2, 0) is 9.53 Å². The lowest BCUT2D eigenvalue weighted by Gasteiger charge is -2.27. The van der Waals surface area contributed by atoms with Gasteiger partial charge in [-0.2, -0.15) is 0 Å². The van der Waals surface area contributed by atoms with Crippen molar-refractivity contribution in [3.8, 4) is 11.5 Å². The molecule has 2 aromatic carbocycles. The number of Topliss-reactive ketones (excluding diaryl/α,β-unsaturated/α-hetero) is 1. The molecule has 0 unspecified atom stereocenters. The Morgan fingerprint density at radius 3 is 2.38 bits per heavy atom. The molecule has 134 valence electrons. The third-order valence-corrected chi connectivity index (χ3v) is 5.40. The van der Waals surface area contributed by atoms with Gasteiger partial charge in [0.2, 0.25) is 0 Å². The van der Waals surface area contributed by atoms with Crippen LogP contribution in [0.5, 0.6) is 11.5 Å². The molecule has 2 atom stereocenters. The number of rotatable bonds is 2. The first kappa shape index (κ1) is 16.6. The molecule has 0 saturated carbocycles. The largest absolute Gasteiger partial charge is 0.497 e. The lowest BCUT2D eigenvalue weighted by molar-refractivity contribution is -0.164. The second-order valence-corrected chi connectivity index (χ2v) is 6.94. The van der Waals surface area contributed by atoms with Crippen LogP contribution in [0.15, 0.2) is 30.3 Å². The summed E-state index contributed by atoms with van der Waals surface area (Å²) in [5, 5.41) is 0. The third kappa shape index (κ3) is 2.16. The molecule has 2 aliphatic rings. The fourth-order valence-electron chi connectivity index (χ4n) is 3.89. The van der Waals surface area contributed by atoms with Gasteiger partial charge in [0.25, 0.3) is 5.78 Å². The van der Waals surface area contributed by atoms with Crippen molar-refractivity contribution in [2.24, 2.45) is 0 Å². The Labute approximate surface area is 151 Å². The first-order valence-corrected chi connectivity index (χ1v) is 8.57. The van der Waals surface area contributed by atoms with E-state index in [1.807, 2.05) is 39.0 Å². The Morgan fingerprint density at radius 1 is 1.04 bits per heavy atom. The molecule has 0 bridgehead atoms. The number of carbonyl (C=O) groups excluding carboxylic acids is 2. The standard InChI is InChI=1S/C21H20O5/c1-11-9-12(2)18-19(13(11)3)26-21(20(18)23)16(10-17(22)25-21)14-5-7-15(24-4)8-6-14/h5-9,16H,10H2,1-4H3/t16-,21-/m1/s1. The lowest BCUT2D eigenvalue weighted by Crippen LogP contribution is -2.44. The number of carbonyl (C=O) groups is 2. The van der Waals surface area contributed by atoms with Gasteiger partial charge >= 0.3 is 11.8 Å². The van der Waals surface area contributed by atoms with Crippen molar-refractivity contribution in [3.05, 3.63) is 58.1 Å². The normalized spacial score (nSPS) is 23.8. The van der Waals surface area contributed by atoms with Gasteiger partial charge in [0, 0.05) is 0 Å². The van der Waals surface area contributed by atoms with Gasteiger partial charge in [-0.05, 0) is 55.2 Å². The monoisotopic (exact) mass is 352 g/mol. The van der Waals surface area contributed by atoms with Gasteiger partial charge in [0.05, 0.1) is 25.0 Å². The first-order chi connectivity index (χ1) is 12.4. The maximum Gasteiger partial charge on any atom is 0.326 e. The highest BCUT2D eigenvalue weighted by Gasteiger charge is 2.62.